The maximum atomic E-state index is 13.9. The summed E-state index contributed by atoms with van der Waals surface area (Å²) in [4.78, 5) is 29.9. The highest BCUT2D eigenvalue weighted by Gasteiger charge is 2.45. The largest absolute Gasteiger partial charge is 0.497 e. The minimum absolute atomic E-state index is 0.0719. The Morgan fingerprint density at radius 2 is 1.70 bits per heavy atom. The van der Waals surface area contributed by atoms with Gasteiger partial charge >= 0.3 is 6.18 Å². The molecule has 33 heavy (non-hydrogen) atoms. The molecule has 0 bridgehead atoms. The molecule has 2 N–H and O–H groups in total. The topological polar surface area (TPSA) is 88.5 Å². The number of hydrogen-bond acceptors (Lipinski definition) is 5. The first kappa shape index (κ1) is 22.2. The summed E-state index contributed by atoms with van der Waals surface area (Å²) in [7, 11) is 1.50. The van der Waals surface area contributed by atoms with Crippen molar-refractivity contribution in [3.05, 3.63) is 94.8 Å². The van der Waals surface area contributed by atoms with Crippen LogP contribution in [-0.2, 0) is 0 Å². The maximum absolute atomic E-state index is 13.9. The van der Waals surface area contributed by atoms with Crippen LogP contribution in [0, 0.1) is 0 Å². The number of carbonyl (C=O) groups excluding carboxylic acids is 2. The van der Waals surface area contributed by atoms with E-state index in [4.69, 9.17) is 4.74 Å². The summed E-state index contributed by atoms with van der Waals surface area (Å²) in [6, 6.07) is 16.6. The van der Waals surface area contributed by atoms with Gasteiger partial charge in [0.1, 0.15) is 17.6 Å². The van der Waals surface area contributed by atoms with Crippen molar-refractivity contribution in [1.29, 1.82) is 0 Å². The molecule has 0 saturated heterocycles. The number of Topliss-reactive ketones (excluding diaryl/α,β-unsaturated/α-hetero) is 1. The predicted molar refractivity (Wildman–Crippen MR) is 113 cm³/mol. The number of amides is 1. The van der Waals surface area contributed by atoms with Crippen LogP contribution in [0.1, 0.15) is 32.5 Å². The SMILES string of the molecule is COc1ccc(-c2ccc3c(n2)C(O)C(C(=O)c2ccccc2)=C(C(F)(F)F)NC3=O)cc1. The highest BCUT2D eigenvalue weighted by molar-refractivity contribution is 6.11. The molecule has 1 aliphatic rings. The first-order valence-corrected chi connectivity index (χ1v) is 9.76. The number of ketones is 1. The predicted octanol–water partition coefficient (Wildman–Crippen LogP) is 4.23. The van der Waals surface area contributed by atoms with Crippen molar-refractivity contribution in [3.8, 4) is 17.0 Å². The van der Waals surface area contributed by atoms with E-state index in [1.165, 1.54) is 43.5 Å². The first-order valence-electron chi connectivity index (χ1n) is 9.76. The number of carbonyl (C=O) groups is 2. The lowest BCUT2D eigenvalue weighted by molar-refractivity contribution is -0.0973. The number of aliphatic hydroxyl groups excluding tert-OH is 1. The van der Waals surface area contributed by atoms with Gasteiger partial charge in [0, 0.05) is 11.1 Å². The van der Waals surface area contributed by atoms with Crippen molar-refractivity contribution in [2.45, 2.75) is 12.3 Å². The molecule has 3 aromatic rings. The standard InChI is InChI=1S/C24H17F3N2O4/c1-33-15-9-7-13(8-10-15)17-12-11-16-19(28-17)21(31)18(20(30)14-5-3-2-4-6-14)22(24(25,26)27)29-23(16)32/h2-12,21,31H,1H3,(H,29,32). The summed E-state index contributed by atoms with van der Waals surface area (Å²) in [6.45, 7) is 0. The van der Waals surface area contributed by atoms with Crippen LogP contribution in [0.2, 0.25) is 0 Å². The molecule has 2 heterocycles. The first-order chi connectivity index (χ1) is 15.7. The molecule has 0 aliphatic carbocycles. The van der Waals surface area contributed by atoms with Crippen LogP contribution >= 0.6 is 0 Å². The van der Waals surface area contributed by atoms with Crippen LogP contribution in [0.5, 0.6) is 5.75 Å². The van der Waals surface area contributed by atoms with E-state index in [0.29, 0.717) is 17.0 Å². The molecule has 6 nitrogen and oxygen atoms in total. The third kappa shape index (κ3) is 4.22. The van der Waals surface area contributed by atoms with Gasteiger partial charge in [-0.25, -0.2) is 4.98 Å². The van der Waals surface area contributed by atoms with Crippen molar-refractivity contribution in [2.75, 3.05) is 7.11 Å². The number of halogens is 3. The molecular weight excluding hydrogens is 437 g/mol. The molecule has 0 radical (unpaired) electrons. The van der Waals surface area contributed by atoms with Gasteiger partial charge in [-0.3, -0.25) is 9.59 Å². The Morgan fingerprint density at radius 1 is 1.03 bits per heavy atom. The van der Waals surface area contributed by atoms with Gasteiger partial charge < -0.3 is 15.2 Å². The van der Waals surface area contributed by atoms with Crippen LogP contribution < -0.4 is 10.1 Å². The molecule has 1 amide bonds. The normalized spacial score (nSPS) is 16.0. The Bertz CT molecular complexity index is 1250. The Hall–Kier alpha value is -3.98. The third-order valence-corrected chi connectivity index (χ3v) is 5.16. The van der Waals surface area contributed by atoms with E-state index < -0.39 is 35.2 Å². The van der Waals surface area contributed by atoms with E-state index >= 15 is 0 Å². The van der Waals surface area contributed by atoms with Crippen molar-refractivity contribution < 1.29 is 32.6 Å². The molecule has 1 aliphatic heterocycles. The van der Waals surface area contributed by atoms with Crippen LogP contribution in [0.3, 0.4) is 0 Å². The van der Waals surface area contributed by atoms with Gasteiger partial charge in [-0.2, -0.15) is 13.2 Å². The zero-order valence-electron chi connectivity index (χ0n) is 17.2. The molecule has 168 valence electrons. The summed E-state index contributed by atoms with van der Waals surface area (Å²) in [5.41, 5.74) is -2.43. The van der Waals surface area contributed by atoms with E-state index in [2.05, 4.69) is 4.98 Å². The number of nitrogens with zero attached hydrogens (tertiary/aromatic N) is 1. The molecule has 0 spiro atoms. The summed E-state index contributed by atoms with van der Waals surface area (Å²) in [6.07, 6.45) is -7.20. The fourth-order valence-corrected chi connectivity index (χ4v) is 3.53. The van der Waals surface area contributed by atoms with Gasteiger partial charge in [0.15, 0.2) is 5.78 Å². The van der Waals surface area contributed by atoms with Crippen LogP contribution in [0.25, 0.3) is 11.3 Å². The lowest BCUT2D eigenvalue weighted by Gasteiger charge is -2.18. The molecular formula is C24H17F3N2O4. The smallest absolute Gasteiger partial charge is 0.431 e. The van der Waals surface area contributed by atoms with E-state index in [9.17, 15) is 27.9 Å². The lowest BCUT2D eigenvalue weighted by Crippen LogP contribution is -2.33. The minimum atomic E-state index is -5.10. The highest BCUT2D eigenvalue weighted by Crippen LogP contribution is 2.38. The van der Waals surface area contributed by atoms with Crippen LogP contribution in [0.4, 0.5) is 13.2 Å². The molecule has 1 unspecified atom stereocenters. The van der Waals surface area contributed by atoms with Gasteiger partial charge in [0.2, 0.25) is 0 Å². The van der Waals surface area contributed by atoms with Crippen molar-refractivity contribution in [3.63, 3.8) is 0 Å². The highest BCUT2D eigenvalue weighted by atomic mass is 19.4. The van der Waals surface area contributed by atoms with E-state index in [0.717, 1.165) is 0 Å². The van der Waals surface area contributed by atoms with Gasteiger partial charge in [0.25, 0.3) is 5.91 Å². The summed E-state index contributed by atoms with van der Waals surface area (Å²) in [5, 5.41) is 12.7. The molecule has 9 heteroatoms. The minimum Gasteiger partial charge on any atom is -0.497 e. The average molecular weight is 454 g/mol. The molecule has 2 aromatic carbocycles. The number of nitrogens with one attached hydrogen (secondary N) is 1. The zero-order chi connectivity index (χ0) is 23.8. The fourth-order valence-electron chi connectivity index (χ4n) is 3.53. The number of aliphatic hydroxyl groups is 1. The second-order valence-electron chi connectivity index (χ2n) is 7.20. The van der Waals surface area contributed by atoms with Crippen molar-refractivity contribution in [2.24, 2.45) is 0 Å². The van der Waals surface area contributed by atoms with Gasteiger partial charge in [-0.15, -0.1) is 0 Å². The van der Waals surface area contributed by atoms with Crippen LogP contribution in [-0.4, -0.2) is 35.1 Å². The van der Waals surface area contributed by atoms with E-state index in [-0.39, 0.29) is 16.8 Å². The Morgan fingerprint density at radius 3 is 2.30 bits per heavy atom. The summed E-state index contributed by atoms with van der Waals surface area (Å²) < 4.78 is 46.7. The number of fused-ring (bicyclic) bond motifs is 1. The number of hydrogen-bond donors (Lipinski definition) is 2. The van der Waals surface area contributed by atoms with Crippen molar-refractivity contribution in [1.82, 2.24) is 10.3 Å². The Balaban J connectivity index is 1.88. The van der Waals surface area contributed by atoms with Gasteiger partial charge in [-0.05, 0) is 36.4 Å². The maximum Gasteiger partial charge on any atom is 0.431 e. The zero-order valence-corrected chi connectivity index (χ0v) is 17.2. The summed E-state index contributed by atoms with van der Waals surface area (Å²) >= 11 is 0. The lowest BCUT2D eigenvalue weighted by atomic mass is 9.93. The third-order valence-electron chi connectivity index (χ3n) is 5.16. The van der Waals surface area contributed by atoms with E-state index in [1.807, 2.05) is 0 Å². The Kier molecular flexibility index (Phi) is 5.73. The molecule has 1 aromatic heterocycles. The fraction of sp³-hybridized carbons (Fsp3) is 0.125. The van der Waals surface area contributed by atoms with Crippen molar-refractivity contribution >= 4 is 11.7 Å². The number of methoxy groups -OCH3 is 1. The second-order valence-corrected chi connectivity index (χ2v) is 7.20. The Labute approximate surface area is 186 Å². The molecule has 1 atom stereocenters. The molecule has 0 fully saturated rings. The van der Waals surface area contributed by atoms with Crippen LogP contribution in [0.15, 0.2) is 78.0 Å². The average Bonchev–Trinajstić information content (AvgIpc) is 2.93. The van der Waals surface area contributed by atoms with E-state index in [1.54, 1.807) is 35.6 Å². The second kappa shape index (κ2) is 8.51. The quantitative estimate of drug-likeness (QED) is 0.576. The molecule has 4 rings (SSSR count). The number of benzene rings is 2. The molecule has 0 saturated carbocycles. The van der Waals surface area contributed by atoms with Gasteiger partial charge in [-0.1, -0.05) is 30.3 Å². The number of alkyl halides is 3. The number of ether oxygens (including phenoxy) is 1. The number of aromatic nitrogens is 1. The number of rotatable bonds is 4. The monoisotopic (exact) mass is 454 g/mol. The van der Waals surface area contributed by atoms with Gasteiger partial charge in [0.05, 0.1) is 29.6 Å². The summed E-state index contributed by atoms with van der Waals surface area (Å²) in [5.74, 6) is -1.61. The number of pyridine rings is 1. The number of allylic oxidation sites excluding steroid dienone is 1.